The predicted octanol–water partition coefficient (Wildman–Crippen LogP) is 4.12. The molecule has 2 aromatic carbocycles. The van der Waals surface area contributed by atoms with E-state index in [2.05, 4.69) is 26.3 Å². The third kappa shape index (κ3) is 4.82. The summed E-state index contributed by atoms with van der Waals surface area (Å²) in [6, 6.07) is 14.4. The van der Waals surface area contributed by atoms with Gasteiger partial charge < -0.3 is 10.2 Å². The predicted molar refractivity (Wildman–Crippen MR) is 115 cm³/mol. The SMILES string of the molecule is Cc1cccc(CNC(=O)[C@@H]2CCCN(c3ncc(-c4ccc(F)cc4)cn3)C2)c1. The smallest absolute Gasteiger partial charge is 0.225 e. The maximum absolute atomic E-state index is 13.1. The van der Waals surface area contributed by atoms with Gasteiger partial charge in [0.1, 0.15) is 5.82 Å². The largest absolute Gasteiger partial charge is 0.352 e. The van der Waals surface area contributed by atoms with Crippen LogP contribution in [-0.2, 0) is 11.3 Å². The summed E-state index contributed by atoms with van der Waals surface area (Å²) in [6.45, 7) is 4.03. The highest BCUT2D eigenvalue weighted by molar-refractivity contribution is 5.79. The number of nitrogens with zero attached hydrogens (tertiary/aromatic N) is 3. The minimum Gasteiger partial charge on any atom is -0.352 e. The Morgan fingerprint density at radius 2 is 1.90 bits per heavy atom. The van der Waals surface area contributed by atoms with Gasteiger partial charge in [0, 0.05) is 37.6 Å². The summed E-state index contributed by atoms with van der Waals surface area (Å²) in [5.74, 6) is 0.349. The molecule has 1 N–H and O–H groups in total. The van der Waals surface area contributed by atoms with Crippen LogP contribution < -0.4 is 10.2 Å². The molecule has 0 saturated carbocycles. The summed E-state index contributed by atoms with van der Waals surface area (Å²) in [7, 11) is 0. The number of anilines is 1. The van der Waals surface area contributed by atoms with Crippen molar-refractivity contribution in [2.75, 3.05) is 18.0 Å². The number of carbonyl (C=O) groups excluding carboxylic acids is 1. The number of halogens is 1. The molecule has 1 aliphatic rings. The number of rotatable bonds is 5. The van der Waals surface area contributed by atoms with Crippen molar-refractivity contribution in [3.63, 3.8) is 0 Å². The van der Waals surface area contributed by atoms with E-state index in [0.717, 1.165) is 36.1 Å². The number of aryl methyl sites for hydroxylation is 1. The molecule has 3 aromatic rings. The molecule has 0 radical (unpaired) electrons. The lowest BCUT2D eigenvalue weighted by Gasteiger charge is -2.32. The third-order valence-electron chi connectivity index (χ3n) is 5.44. The van der Waals surface area contributed by atoms with E-state index in [9.17, 15) is 9.18 Å². The van der Waals surface area contributed by atoms with Crippen LogP contribution in [0.1, 0.15) is 24.0 Å². The number of hydrogen-bond donors (Lipinski definition) is 1. The van der Waals surface area contributed by atoms with E-state index in [0.29, 0.717) is 19.0 Å². The van der Waals surface area contributed by atoms with Crippen LogP contribution in [0.2, 0.25) is 0 Å². The van der Waals surface area contributed by atoms with Gasteiger partial charge >= 0.3 is 0 Å². The van der Waals surface area contributed by atoms with Crippen molar-refractivity contribution in [1.29, 1.82) is 0 Å². The molecule has 0 bridgehead atoms. The van der Waals surface area contributed by atoms with E-state index in [1.54, 1.807) is 24.5 Å². The lowest BCUT2D eigenvalue weighted by atomic mass is 9.97. The topological polar surface area (TPSA) is 58.1 Å². The first kappa shape index (κ1) is 20.0. The van der Waals surface area contributed by atoms with Gasteiger partial charge in [-0.2, -0.15) is 0 Å². The second-order valence-electron chi connectivity index (χ2n) is 7.77. The molecule has 5 nitrogen and oxygen atoms in total. The molecule has 4 rings (SSSR count). The average Bonchev–Trinajstić information content (AvgIpc) is 2.78. The fourth-order valence-corrected chi connectivity index (χ4v) is 3.80. The number of benzene rings is 2. The van der Waals surface area contributed by atoms with Crippen LogP contribution >= 0.6 is 0 Å². The van der Waals surface area contributed by atoms with Crippen molar-refractivity contribution in [3.8, 4) is 11.1 Å². The van der Waals surface area contributed by atoms with Crippen molar-refractivity contribution < 1.29 is 9.18 Å². The van der Waals surface area contributed by atoms with Gasteiger partial charge in [-0.25, -0.2) is 14.4 Å². The Bertz CT molecular complexity index is 1000. The van der Waals surface area contributed by atoms with Gasteiger partial charge in [0.15, 0.2) is 0 Å². The van der Waals surface area contributed by atoms with Crippen LogP contribution in [0.5, 0.6) is 0 Å². The molecule has 30 heavy (non-hydrogen) atoms. The van der Waals surface area contributed by atoms with Gasteiger partial charge in [0.25, 0.3) is 0 Å². The molecule has 1 fully saturated rings. The summed E-state index contributed by atoms with van der Waals surface area (Å²) < 4.78 is 13.1. The van der Waals surface area contributed by atoms with Gasteiger partial charge in [-0.15, -0.1) is 0 Å². The molecule has 1 saturated heterocycles. The molecule has 1 aliphatic heterocycles. The summed E-state index contributed by atoms with van der Waals surface area (Å²) in [5, 5.41) is 3.07. The Hall–Kier alpha value is -3.28. The zero-order chi connectivity index (χ0) is 20.9. The van der Waals surface area contributed by atoms with Crippen molar-refractivity contribution in [2.45, 2.75) is 26.3 Å². The Morgan fingerprint density at radius 1 is 1.13 bits per heavy atom. The van der Waals surface area contributed by atoms with Crippen molar-refractivity contribution >= 4 is 11.9 Å². The fraction of sp³-hybridized carbons (Fsp3) is 0.292. The molecular weight excluding hydrogens is 379 g/mol. The normalized spacial score (nSPS) is 16.3. The first-order valence-electron chi connectivity index (χ1n) is 10.2. The van der Waals surface area contributed by atoms with Crippen LogP contribution in [-0.4, -0.2) is 29.0 Å². The lowest BCUT2D eigenvalue weighted by molar-refractivity contribution is -0.125. The van der Waals surface area contributed by atoms with Gasteiger partial charge in [-0.3, -0.25) is 4.79 Å². The number of hydrogen-bond acceptors (Lipinski definition) is 4. The molecule has 0 aliphatic carbocycles. The van der Waals surface area contributed by atoms with Gasteiger partial charge in [0.05, 0.1) is 5.92 Å². The summed E-state index contributed by atoms with van der Waals surface area (Å²) in [5.41, 5.74) is 4.00. The highest BCUT2D eigenvalue weighted by atomic mass is 19.1. The number of piperidine rings is 1. The molecular formula is C24H25FN4O. The van der Waals surface area contributed by atoms with E-state index >= 15 is 0 Å². The minimum absolute atomic E-state index is 0.0733. The standard InChI is InChI=1S/C24H25FN4O/c1-17-4-2-5-18(12-17)13-26-23(30)20-6-3-11-29(16-20)24-27-14-21(15-28-24)19-7-9-22(25)10-8-19/h2,4-5,7-10,12,14-15,20H,3,6,11,13,16H2,1H3,(H,26,30)/t20-/m1/s1. The minimum atomic E-state index is -0.267. The Balaban J connectivity index is 1.37. The van der Waals surface area contributed by atoms with E-state index in [4.69, 9.17) is 0 Å². The molecule has 0 spiro atoms. The van der Waals surface area contributed by atoms with Crippen molar-refractivity contribution in [1.82, 2.24) is 15.3 Å². The monoisotopic (exact) mass is 404 g/mol. The zero-order valence-electron chi connectivity index (χ0n) is 17.0. The first-order chi connectivity index (χ1) is 14.6. The average molecular weight is 404 g/mol. The first-order valence-corrected chi connectivity index (χ1v) is 10.2. The van der Waals surface area contributed by atoms with E-state index < -0.39 is 0 Å². The Labute approximate surface area is 176 Å². The maximum atomic E-state index is 13.1. The number of nitrogens with one attached hydrogen (secondary N) is 1. The van der Waals surface area contributed by atoms with Crippen LogP contribution in [0.25, 0.3) is 11.1 Å². The quantitative estimate of drug-likeness (QED) is 0.695. The summed E-state index contributed by atoms with van der Waals surface area (Å²) >= 11 is 0. The molecule has 154 valence electrons. The molecule has 6 heteroatoms. The Kier molecular flexibility index (Phi) is 6.02. The van der Waals surface area contributed by atoms with Crippen molar-refractivity contribution in [2.24, 2.45) is 5.92 Å². The van der Waals surface area contributed by atoms with Gasteiger partial charge in [0.2, 0.25) is 11.9 Å². The lowest BCUT2D eigenvalue weighted by Crippen LogP contribution is -2.43. The molecule has 0 unspecified atom stereocenters. The van der Waals surface area contributed by atoms with Crippen LogP contribution in [0.15, 0.2) is 60.9 Å². The second-order valence-corrected chi connectivity index (χ2v) is 7.77. The maximum Gasteiger partial charge on any atom is 0.225 e. The molecule has 1 amide bonds. The number of amides is 1. The van der Waals surface area contributed by atoms with E-state index in [1.165, 1.54) is 17.7 Å². The van der Waals surface area contributed by atoms with Crippen LogP contribution in [0.3, 0.4) is 0 Å². The highest BCUT2D eigenvalue weighted by Gasteiger charge is 2.27. The fourth-order valence-electron chi connectivity index (χ4n) is 3.80. The van der Waals surface area contributed by atoms with Gasteiger partial charge in [-0.1, -0.05) is 42.0 Å². The van der Waals surface area contributed by atoms with Crippen LogP contribution in [0.4, 0.5) is 10.3 Å². The molecule has 1 aromatic heterocycles. The zero-order valence-corrected chi connectivity index (χ0v) is 17.0. The second kappa shape index (κ2) is 9.03. The number of carbonyl (C=O) groups is 1. The molecule has 1 atom stereocenters. The van der Waals surface area contributed by atoms with Crippen LogP contribution in [0, 0.1) is 18.7 Å². The molecule has 2 heterocycles. The van der Waals surface area contributed by atoms with E-state index in [-0.39, 0.29) is 17.6 Å². The highest BCUT2D eigenvalue weighted by Crippen LogP contribution is 2.23. The Morgan fingerprint density at radius 3 is 2.63 bits per heavy atom. The van der Waals surface area contributed by atoms with Gasteiger partial charge in [-0.05, 0) is 43.0 Å². The van der Waals surface area contributed by atoms with E-state index in [1.807, 2.05) is 25.1 Å². The summed E-state index contributed by atoms with van der Waals surface area (Å²) in [6.07, 6.45) is 5.28. The number of aromatic nitrogens is 2. The summed E-state index contributed by atoms with van der Waals surface area (Å²) in [4.78, 5) is 23.7. The third-order valence-corrected chi connectivity index (χ3v) is 5.44. The van der Waals surface area contributed by atoms with Crippen molar-refractivity contribution in [3.05, 3.63) is 77.9 Å².